The summed E-state index contributed by atoms with van der Waals surface area (Å²) in [5.74, 6) is 0. The van der Waals surface area contributed by atoms with Gasteiger partial charge in [-0.25, -0.2) is 0 Å². The Labute approximate surface area is 108 Å². The molecule has 0 unspecified atom stereocenters. The van der Waals surface area contributed by atoms with Crippen molar-refractivity contribution in [3.8, 4) is 0 Å². The van der Waals surface area contributed by atoms with E-state index in [-0.39, 0.29) is 0 Å². The summed E-state index contributed by atoms with van der Waals surface area (Å²) in [7, 11) is 1.74. The van der Waals surface area contributed by atoms with Gasteiger partial charge in [0.2, 0.25) is 0 Å². The Morgan fingerprint density at radius 3 is 2.53 bits per heavy atom. The Hall–Kier alpha value is -0.340. The van der Waals surface area contributed by atoms with E-state index in [4.69, 9.17) is 4.74 Å². The second kappa shape index (κ2) is 9.67. The molecule has 0 rings (SSSR count). The van der Waals surface area contributed by atoms with Crippen LogP contribution in [0.15, 0.2) is 11.6 Å². The quantitative estimate of drug-likeness (QED) is 0.490. The minimum absolute atomic E-state index is 0.474. The summed E-state index contributed by atoms with van der Waals surface area (Å²) >= 11 is 0. The maximum atomic E-state index is 4.98. The van der Waals surface area contributed by atoms with E-state index in [1.165, 1.54) is 24.8 Å². The molecular formula is C15H31NO. The van der Waals surface area contributed by atoms with Gasteiger partial charge in [0.25, 0.3) is 0 Å². The van der Waals surface area contributed by atoms with Gasteiger partial charge in [0.1, 0.15) is 0 Å². The van der Waals surface area contributed by atoms with Crippen molar-refractivity contribution in [3.63, 3.8) is 0 Å². The summed E-state index contributed by atoms with van der Waals surface area (Å²) < 4.78 is 4.98. The zero-order chi connectivity index (χ0) is 13.1. The molecule has 0 spiro atoms. The van der Waals surface area contributed by atoms with Crippen LogP contribution < -0.4 is 5.32 Å². The van der Waals surface area contributed by atoms with Crippen molar-refractivity contribution in [2.45, 2.75) is 53.4 Å². The minimum atomic E-state index is 0.474. The molecule has 0 bridgehead atoms. The number of nitrogens with one attached hydrogen (secondary N) is 1. The predicted octanol–water partition coefficient (Wildman–Crippen LogP) is 3.78. The smallest absolute Gasteiger partial charge is 0.0587 e. The van der Waals surface area contributed by atoms with Gasteiger partial charge in [-0.2, -0.15) is 0 Å². The lowest BCUT2D eigenvalue weighted by Gasteiger charge is -2.17. The highest BCUT2D eigenvalue weighted by Crippen LogP contribution is 2.22. The van der Waals surface area contributed by atoms with Gasteiger partial charge in [-0.3, -0.25) is 0 Å². The molecule has 0 fully saturated rings. The Morgan fingerprint density at radius 1 is 1.24 bits per heavy atom. The van der Waals surface area contributed by atoms with Gasteiger partial charge < -0.3 is 10.1 Å². The monoisotopic (exact) mass is 241 g/mol. The van der Waals surface area contributed by atoms with Crippen molar-refractivity contribution in [2.75, 3.05) is 26.8 Å². The van der Waals surface area contributed by atoms with Crippen LogP contribution in [-0.2, 0) is 4.74 Å². The summed E-state index contributed by atoms with van der Waals surface area (Å²) in [6.07, 6.45) is 7.36. The minimum Gasteiger partial charge on any atom is -0.383 e. The number of rotatable bonds is 9. The molecule has 0 radical (unpaired) electrons. The third-order valence-electron chi connectivity index (χ3n) is 2.79. The average Bonchev–Trinajstić information content (AvgIpc) is 2.21. The lowest BCUT2D eigenvalue weighted by molar-refractivity contribution is 0.199. The molecule has 0 saturated carbocycles. The molecule has 0 aromatic carbocycles. The van der Waals surface area contributed by atoms with Crippen molar-refractivity contribution < 1.29 is 4.74 Å². The van der Waals surface area contributed by atoms with E-state index < -0.39 is 0 Å². The lowest BCUT2D eigenvalue weighted by atomic mass is 9.89. The van der Waals surface area contributed by atoms with Gasteiger partial charge in [0.05, 0.1) is 6.61 Å². The van der Waals surface area contributed by atoms with Gasteiger partial charge in [0.15, 0.2) is 0 Å². The SMILES string of the molecule is COCCNCC/C=C(/C)CCCC(C)(C)C. The van der Waals surface area contributed by atoms with E-state index in [0.717, 1.165) is 26.1 Å². The highest BCUT2D eigenvalue weighted by Gasteiger charge is 2.08. The van der Waals surface area contributed by atoms with Crippen molar-refractivity contribution in [3.05, 3.63) is 11.6 Å². The first-order chi connectivity index (χ1) is 7.95. The highest BCUT2D eigenvalue weighted by atomic mass is 16.5. The summed E-state index contributed by atoms with van der Waals surface area (Å²) in [4.78, 5) is 0. The van der Waals surface area contributed by atoms with Gasteiger partial charge in [-0.1, -0.05) is 32.4 Å². The fourth-order valence-corrected chi connectivity index (χ4v) is 1.72. The predicted molar refractivity (Wildman–Crippen MR) is 76.4 cm³/mol. The van der Waals surface area contributed by atoms with E-state index in [2.05, 4.69) is 39.1 Å². The summed E-state index contributed by atoms with van der Waals surface area (Å²) in [5, 5.41) is 3.35. The van der Waals surface area contributed by atoms with Gasteiger partial charge >= 0.3 is 0 Å². The first kappa shape index (κ1) is 16.7. The van der Waals surface area contributed by atoms with Crippen molar-refractivity contribution in [1.29, 1.82) is 0 Å². The summed E-state index contributed by atoms with van der Waals surface area (Å²) in [6.45, 7) is 12.0. The van der Waals surface area contributed by atoms with Crippen LogP contribution in [0, 0.1) is 5.41 Å². The Balaban J connectivity index is 3.45. The molecule has 0 atom stereocenters. The molecule has 0 aromatic heterocycles. The fraction of sp³-hybridized carbons (Fsp3) is 0.867. The van der Waals surface area contributed by atoms with Gasteiger partial charge in [-0.05, 0) is 44.6 Å². The first-order valence-electron chi connectivity index (χ1n) is 6.81. The summed E-state index contributed by atoms with van der Waals surface area (Å²) in [6, 6.07) is 0. The van der Waals surface area contributed by atoms with E-state index in [0.29, 0.717) is 5.41 Å². The molecular weight excluding hydrogens is 210 g/mol. The summed E-state index contributed by atoms with van der Waals surface area (Å²) in [5.41, 5.74) is 2.00. The first-order valence-corrected chi connectivity index (χ1v) is 6.81. The van der Waals surface area contributed by atoms with E-state index >= 15 is 0 Å². The van der Waals surface area contributed by atoms with Crippen molar-refractivity contribution >= 4 is 0 Å². The topological polar surface area (TPSA) is 21.3 Å². The normalized spacial score (nSPS) is 13.1. The second-order valence-corrected chi connectivity index (χ2v) is 6.00. The second-order valence-electron chi connectivity index (χ2n) is 6.00. The van der Waals surface area contributed by atoms with Crippen LogP contribution >= 0.6 is 0 Å². The molecule has 0 aliphatic carbocycles. The lowest BCUT2D eigenvalue weighted by Crippen LogP contribution is -2.19. The molecule has 2 heteroatoms. The zero-order valence-electron chi connectivity index (χ0n) is 12.4. The zero-order valence-corrected chi connectivity index (χ0v) is 12.4. The number of hydrogen-bond donors (Lipinski definition) is 1. The van der Waals surface area contributed by atoms with Crippen LogP contribution in [0.4, 0.5) is 0 Å². The molecule has 0 aromatic rings. The molecule has 1 N–H and O–H groups in total. The molecule has 0 aliphatic heterocycles. The Bertz CT molecular complexity index is 203. The molecule has 0 amide bonds. The van der Waals surface area contributed by atoms with Crippen LogP contribution in [0.1, 0.15) is 53.4 Å². The molecule has 17 heavy (non-hydrogen) atoms. The number of hydrogen-bond acceptors (Lipinski definition) is 2. The van der Waals surface area contributed by atoms with Gasteiger partial charge in [0, 0.05) is 13.7 Å². The third kappa shape index (κ3) is 13.6. The van der Waals surface area contributed by atoms with E-state index in [1.807, 2.05) is 0 Å². The van der Waals surface area contributed by atoms with Crippen molar-refractivity contribution in [2.24, 2.45) is 5.41 Å². The highest BCUT2D eigenvalue weighted by molar-refractivity contribution is 4.98. The third-order valence-corrected chi connectivity index (χ3v) is 2.79. The van der Waals surface area contributed by atoms with Crippen molar-refractivity contribution in [1.82, 2.24) is 5.32 Å². The van der Waals surface area contributed by atoms with Crippen LogP contribution in [0.2, 0.25) is 0 Å². The Morgan fingerprint density at radius 2 is 1.94 bits per heavy atom. The van der Waals surface area contributed by atoms with E-state index in [9.17, 15) is 0 Å². The number of ether oxygens (including phenoxy) is 1. The Kier molecular flexibility index (Phi) is 9.47. The standard InChI is InChI=1S/C15H31NO/c1-14(8-6-10-15(2,3)4)9-7-11-16-12-13-17-5/h9,16H,6-8,10-13H2,1-5H3/b14-9-. The molecule has 102 valence electrons. The maximum absolute atomic E-state index is 4.98. The van der Waals surface area contributed by atoms with Crippen LogP contribution in [0.3, 0.4) is 0 Å². The van der Waals surface area contributed by atoms with Crippen LogP contribution in [0.5, 0.6) is 0 Å². The average molecular weight is 241 g/mol. The molecule has 0 aliphatic rings. The largest absolute Gasteiger partial charge is 0.383 e. The maximum Gasteiger partial charge on any atom is 0.0587 e. The molecule has 2 nitrogen and oxygen atoms in total. The van der Waals surface area contributed by atoms with Crippen LogP contribution in [0.25, 0.3) is 0 Å². The molecule has 0 saturated heterocycles. The number of methoxy groups -OCH3 is 1. The molecule has 0 heterocycles. The van der Waals surface area contributed by atoms with Gasteiger partial charge in [-0.15, -0.1) is 0 Å². The van der Waals surface area contributed by atoms with E-state index in [1.54, 1.807) is 7.11 Å². The number of allylic oxidation sites excluding steroid dienone is 1. The van der Waals surface area contributed by atoms with Crippen LogP contribution in [-0.4, -0.2) is 26.8 Å². The fourth-order valence-electron chi connectivity index (χ4n) is 1.72.